The minimum atomic E-state index is -0.359. The van der Waals surface area contributed by atoms with Gasteiger partial charge in [-0.1, -0.05) is 36.4 Å². The van der Waals surface area contributed by atoms with Crippen molar-refractivity contribution in [2.45, 2.75) is 0 Å². The first kappa shape index (κ1) is 13.2. The lowest BCUT2D eigenvalue weighted by molar-refractivity contribution is -0.386. The topological polar surface area (TPSA) is 60.2 Å². The molecule has 19 heavy (non-hydrogen) atoms. The summed E-state index contributed by atoms with van der Waals surface area (Å²) in [4.78, 5) is 20.6. The number of carbonyl (C=O) groups excluding carboxylic acids is 1. The summed E-state index contributed by atoms with van der Waals surface area (Å²) in [7, 11) is 0. The van der Waals surface area contributed by atoms with Crippen LogP contribution in [0.15, 0.2) is 48.5 Å². The molecule has 0 saturated carbocycles. The molecule has 2 aliphatic rings. The van der Waals surface area contributed by atoms with Crippen LogP contribution in [-0.4, -0.2) is 16.6 Å². The molecular formula is C14H10ClNO3. The predicted octanol–water partition coefficient (Wildman–Crippen LogP) is 3.30. The molecule has 1 aromatic rings. The third-order valence-electron chi connectivity index (χ3n) is 2.72. The maximum absolute atomic E-state index is 10.9. The number of halogens is 1. The molecule has 0 aliphatic heterocycles. The van der Waals surface area contributed by atoms with Crippen molar-refractivity contribution in [2.75, 3.05) is 5.88 Å². The maximum Gasteiger partial charge on any atom is 0.277 e. The van der Waals surface area contributed by atoms with Gasteiger partial charge in [0.25, 0.3) is 5.69 Å². The van der Waals surface area contributed by atoms with Crippen molar-refractivity contribution in [3.63, 3.8) is 0 Å². The highest BCUT2D eigenvalue weighted by Crippen LogP contribution is 2.22. The van der Waals surface area contributed by atoms with E-state index in [4.69, 9.17) is 11.6 Å². The number of non-ortho nitro benzene ring substituents is 1. The largest absolute Gasteiger partial charge is 0.293 e. The summed E-state index contributed by atoms with van der Waals surface area (Å²) in [5.74, 6) is 0.0339. The summed E-state index contributed by atoms with van der Waals surface area (Å²) in [6.45, 7) is 0. The molecule has 0 heterocycles. The molecule has 96 valence electrons. The zero-order chi connectivity index (χ0) is 13.8. The van der Waals surface area contributed by atoms with Crippen LogP contribution in [0.3, 0.4) is 0 Å². The average Bonchev–Trinajstić information content (AvgIpc) is 2.42. The normalized spacial score (nSPS) is 10.2. The monoisotopic (exact) mass is 275 g/mol. The number of alkyl halides is 1. The number of hydrogen-bond acceptors (Lipinski definition) is 3. The van der Waals surface area contributed by atoms with Crippen LogP contribution in [0.1, 0.15) is 10.4 Å². The van der Waals surface area contributed by atoms with Gasteiger partial charge in [-0.25, -0.2) is 0 Å². The van der Waals surface area contributed by atoms with E-state index < -0.39 is 0 Å². The molecule has 4 nitrogen and oxygen atoms in total. The molecule has 0 amide bonds. The first-order valence-corrected chi connectivity index (χ1v) is 6.10. The minimum Gasteiger partial charge on any atom is -0.293 e. The molecular weight excluding hydrogens is 266 g/mol. The first-order valence-electron chi connectivity index (χ1n) is 5.56. The van der Waals surface area contributed by atoms with Crippen molar-refractivity contribution >= 4 is 23.1 Å². The van der Waals surface area contributed by atoms with Crippen LogP contribution in [0.25, 0.3) is 0 Å². The van der Waals surface area contributed by atoms with Gasteiger partial charge < -0.3 is 0 Å². The van der Waals surface area contributed by atoms with E-state index in [1.54, 1.807) is 24.3 Å². The van der Waals surface area contributed by atoms with Gasteiger partial charge in [-0.3, -0.25) is 14.9 Å². The van der Waals surface area contributed by atoms with Crippen molar-refractivity contribution in [1.29, 1.82) is 0 Å². The molecule has 0 fully saturated rings. The van der Waals surface area contributed by atoms with Gasteiger partial charge in [-0.05, 0) is 11.3 Å². The van der Waals surface area contributed by atoms with Gasteiger partial charge in [0.15, 0.2) is 5.78 Å². The standard InChI is InChI=1S/C8H7ClO.C6H3NO2/c9-6-8(10)7-4-2-1-3-5-7;8-7(9)6-3-4-1-2-5(4)6/h1-5H,6H2;1-3H. The van der Waals surface area contributed by atoms with Gasteiger partial charge in [-0.2, -0.15) is 0 Å². The van der Waals surface area contributed by atoms with Crippen molar-refractivity contribution in [2.24, 2.45) is 0 Å². The molecule has 3 rings (SSSR count). The van der Waals surface area contributed by atoms with Gasteiger partial charge in [0, 0.05) is 11.6 Å². The number of nitrogens with zero attached hydrogens (tertiary/aromatic N) is 1. The lowest BCUT2D eigenvalue weighted by Gasteiger charge is -2.01. The molecule has 5 heteroatoms. The lowest BCUT2D eigenvalue weighted by Crippen LogP contribution is -1.98. The molecule has 0 spiro atoms. The van der Waals surface area contributed by atoms with E-state index in [-0.39, 0.29) is 22.3 Å². The number of benzene rings is 2. The number of Topliss-reactive ketones (excluding diaryl/α,β-unsaturated/α-hetero) is 1. The van der Waals surface area contributed by atoms with Crippen LogP contribution >= 0.6 is 11.6 Å². The van der Waals surface area contributed by atoms with Crippen LogP contribution < -0.4 is 0 Å². The van der Waals surface area contributed by atoms with Crippen LogP contribution in [0, 0.1) is 20.6 Å². The second-order valence-electron chi connectivity index (χ2n) is 3.91. The summed E-state index contributed by atoms with van der Waals surface area (Å²) < 4.78 is 0. The summed E-state index contributed by atoms with van der Waals surface area (Å²) >= 11 is 5.34. The molecule has 0 aromatic heterocycles. The number of hydrogen-bond donors (Lipinski definition) is 0. The Bertz CT molecular complexity index is 713. The summed E-state index contributed by atoms with van der Waals surface area (Å²) in [6.07, 6.45) is 0. The van der Waals surface area contributed by atoms with Crippen LogP contribution in [0.2, 0.25) is 0 Å². The van der Waals surface area contributed by atoms with E-state index in [2.05, 4.69) is 0 Å². The summed E-state index contributed by atoms with van der Waals surface area (Å²) in [5, 5.41) is 11.9. The number of nitro groups is 1. The van der Waals surface area contributed by atoms with Gasteiger partial charge in [-0.15, -0.1) is 11.6 Å². The smallest absolute Gasteiger partial charge is 0.277 e. The third-order valence-corrected chi connectivity index (χ3v) is 2.97. The Hall–Kier alpha value is -2.20. The number of ketones is 1. The Labute approximate surface area is 114 Å². The third kappa shape index (κ3) is 2.80. The van der Waals surface area contributed by atoms with E-state index >= 15 is 0 Å². The van der Waals surface area contributed by atoms with E-state index in [9.17, 15) is 14.9 Å². The Morgan fingerprint density at radius 2 is 1.84 bits per heavy atom. The molecule has 2 aliphatic carbocycles. The van der Waals surface area contributed by atoms with Crippen molar-refractivity contribution < 1.29 is 9.72 Å². The van der Waals surface area contributed by atoms with Crippen LogP contribution in [0.4, 0.5) is 5.69 Å². The van der Waals surface area contributed by atoms with E-state index in [0.717, 1.165) is 10.4 Å². The summed E-state index contributed by atoms with van der Waals surface area (Å²) in [5.41, 5.74) is 0.935. The SMILES string of the molecule is O=C(CCl)c1ccccc1.O=[N+]([O-])c1cc2ccc1=2. The van der Waals surface area contributed by atoms with Crippen molar-refractivity contribution in [1.82, 2.24) is 0 Å². The Morgan fingerprint density at radius 1 is 1.16 bits per heavy atom. The number of nitro benzene ring substituents is 1. The fourth-order valence-corrected chi connectivity index (χ4v) is 1.78. The van der Waals surface area contributed by atoms with Crippen molar-refractivity contribution in [3.8, 4) is 0 Å². The van der Waals surface area contributed by atoms with Crippen LogP contribution in [0.5, 0.6) is 0 Å². The van der Waals surface area contributed by atoms with E-state index in [1.165, 1.54) is 0 Å². The second kappa shape index (κ2) is 5.63. The van der Waals surface area contributed by atoms with E-state index in [1.807, 2.05) is 24.3 Å². The highest BCUT2D eigenvalue weighted by atomic mass is 35.5. The van der Waals surface area contributed by atoms with Crippen molar-refractivity contribution in [3.05, 3.63) is 74.6 Å². The van der Waals surface area contributed by atoms with Gasteiger partial charge in [0.2, 0.25) is 0 Å². The Kier molecular flexibility index (Phi) is 3.92. The fourth-order valence-electron chi connectivity index (χ4n) is 1.62. The molecule has 0 radical (unpaired) electrons. The zero-order valence-corrected chi connectivity index (χ0v) is 10.6. The minimum absolute atomic E-state index is 0.0257. The molecule has 0 atom stereocenters. The fraction of sp³-hybridized carbons (Fsp3) is 0.0714. The zero-order valence-electron chi connectivity index (χ0n) is 9.88. The Balaban J connectivity index is 0.000000141. The predicted molar refractivity (Wildman–Crippen MR) is 72.3 cm³/mol. The lowest BCUT2D eigenvalue weighted by atomic mass is 10.1. The second-order valence-corrected chi connectivity index (χ2v) is 4.18. The van der Waals surface area contributed by atoms with Gasteiger partial charge in [0.05, 0.1) is 16.0 Å². The van der Waals surface area contributed by atoms with E-state index in [0.29, 0.717) is 5.56 Å². The average molecular weight is 276 g/mol. The molecule has 0 N–H and O–H groups in total. The molecule has 1 aromatic carbocycles. The highest BCUT2D eigenvalue weighted by molar-refractivity contribution is 6.30. The maximum atomic E-state index is 10.9. The van der Waals surface area contributed by atoms with Crippen LogP contribution in [-0.2, 0) is 0 Å². The first-order chi connectivity index (χ1) is 9.13. The van der Waals surface area contributed by atoms with Gasteiger partial charge in [0.1, 0.15) is 0 Å². The number of rotatable bonds is 3. The quantitative estimate of drug-likeness (QED) is 0.319. The highest BCUT2D eigenvalue weighted by Gasteiger charge is 2.15. The number of carbonyl (C=O) groups is 1. The molecule has 0 bridgehead atoms. The van der Waals surface area contributed by atoms with Gasteiger partial charge >= 0.3 is 0 Å². The Morgan fingerprint density at radius 3 is 2.16 bits per heavy atom. The molecule has 0 saturated heterocycles. The molecule has 0 unspecified atom stereocenters. The summed E-state index contributed by atoms with van der Waals surface area (Å²) in [6, 6.07) is 14.2.